The minimum Gasteiger partial charge on any atom is -0.206 e. The van der Waals surface area contributed by atoms with Crippen LogP contribution >= 0.6 is 0 Å². The fourth-order valence-electron chi connectivity index (χ4n) is 5.32. The second-order valence-electron chi connectivity index (χ2n) is 10.7. The van der Waals surface area contributed by atoms with Gasteiger partial charge >= 0.3 is 0 Å². The first kappa shape index (κ1) is 27.8. The van der Waals surface area contributed by atoms with Gasteiger partial charge < -0.3 is 0 Å². The zero-order chi connectivity index (χ0) is 26.7. The highest BCUT2D eigenvalue weighted by Gasteiger charge is 2.09. The van der Waals surface area contributed by atoms with Crippen molar-refractivity contribution in [2.75, 3.05) is 0 Å². The van der Waals surface area contributed by atoms with E-state index in [0.717, 1.165) is 36.0 Å². The van der Waals surface area contributed by atoms with Gasteiger partial charge in [0, 0.05) is 5.56 Å². The van der Waals surface area contributed by atoms with E-state index in [2.05, 4.69) is 81.4 Å². The Morgan fingerprint density at radius 3 is 1.63 bits per heavy atom. The Morgan fingerprint density at radius 1 is 0.474 bits per heavy atom. The maximum absolute atomic E-state index is 15.0. The average molecular weight is 507 g/mol. The zero-order valence-electron chi connectivity index (χ0n) is 23.5. The van der Waals surface area contributed by atoms with Crippen molar-refractivity contribution in [3.8, 4) is 33.4 Å². The summed E-state index contributed by atoms with van der Waals surface area (Å²) in [7, 11) is 0. The summed E-state index contributed by atoms with van der Waals surface area (Å²) in [5.41, 5.74) is 10.3. The van der Waals surface area contributed by atoms with Gasteiger partial charge in [-0.25, -0.2) is 4.39 Å². The number of benzene rings is 4. The quantitative estimate of drug-likeness (QED) is 0.158. The van der Waals surface area contributed by atoms with Crippen LogP contribution in [0.4, 0.5) is 4.39 Å². The topological polar surface area (TPSA) is 0 Å². The van der Waals surface area contributed by atoms with Gasteiger partial charge in [0.05, 0.1) is 0 Å². The van der Waals surface area contributed by atoms with Gasteiger partial charge in [0.2, 0.25) is 0 Å². The van der Waals surface area contributed by atoms with Crippen molar-refractivity contribution in [2.45, 2.75) is 85.0 Å². The van der Waals surface area contributed by atoms with Crippen LogP contribution in [0.1, 0.15) is 81.9 Å². The lowest BCUT2D eigenvalue weighted by Crippen LogP contribution is -1.91. The minimum atomic E-state index is -0.124. The molecule has 0 fully saturated rings. The molecule has 4 aromatic rings. The molecule has 0 aromatic heterocycles. The van der Waals surface area contributed by atoms with Gasteiger partial charge in [-0.3, -0.25) is 0 Å². The largest absolute Gasteiger partial charge is 0.206 e. The second kappa shape index (κ2) is 14.1. The van der Waals surface area contributed by atoms with Crippen LogP contribution in [0.3, 0.4) is 0 Å². The maximum Gasteiger partial charge on any atom is 0.131 e. The number of rotatable bonds is 13. The molecule has 0 unspecified atom stereocenters. The molecule has 0 N–H and O–H groups in total. The van der Waals surface area contributed by atoms with Crippen LogP contribution in [0, 0.1) is 12.7 Å². The molecule has 0 saturated heterocycles. The van der Waals surface area contributed by atoms with Crippen molar-refractivity contribution in [3.05, 3.63) is 107 Å². The first-order valence-corrected chi connectivity index (χ1v) is 14.7. The van der Waals surface area contributed by atoms with E-state index < -0.39 is 0 Å². The molecule has 0 aliphatic carbocycles. The lowest BCUT2D eigenvalue weighted by molar-refractivity contribution is 0.618. The molecule has 38 heavy (non-hydrogen) atoms. The average Bonchev–Trinajstić information content (AvgIpc) is 2.94. The first-order chi connectivity index (χ1) is 18.6. The van der Waals surface area contributed by atoms with Crippen LogP contribution in [0.15, 0.2) is 84.9 Å². The van der Waals surface area contributed by atoms with Crippen molar-refractivity contribution >= 4 is 0 Å². The van der Waals surface area contributed by atoms with Crippen LogP contribution in [0.2, 0.25) is 0 Å². The molecule has 1 heteroatoms. The summed E-state index contributed by atoms with van der Waals surface area (Å²) in [4.78, 5) is 0. The van der Waals surface area contributed by atoms with Crippen LogP contribution < -0.4 is 0 Å². The monoisotopic (exact) mass is 506 g/mol. The molecule has 198 valence electrons. The second-order valence-corrected chi connectivity index (χ2v) is 10.7. The Bertz CT molecular complexity index is 1280. The van der Waals surface area contributed by atoms with Crippen molar-refractivity contribution in [3.63, 3.8) is 0 Å². The number of halogens is 1. The molecule has 0 atom stereocenters. The lowest BCUT2D eigenvalue weighted by atomic mass is 9.93. The van der Waals surface area contributed by atoms with E-state index in [0.29, 0.717) is 5.56 Å². The van der Waals surface area contributed by atoms with E-state index in [-0.39, 0.29) is 5.82 Å². The predicted octanol–water partition coefficient (Wildman–Crippen LogP) is 11.4. The van der Waals surface area contributed by atoms with E-state index in [1.54, 1.807) is 6.07 Å². The molecule has 0 radical (unpaired) electrons. The Morgan fingerprint density at radius 2 is 0.974 bits per heavy atom. The molecule has 4 aromatic carbocycles. The summed E-state index contributed by atoms with van der Waals surface area (Å²) in [5, 5.41) is 0. The molecule has 0 amide bonds. The van der Waals surface area contributed by atoms with Gasteiger partial charge in [-0.2, -0.15) is 0 Å². The summed E-state index contributed by atoms with van der Waals surface area (Å²) >= 11 is 0. The van der Waals surface area contributed by atoms with Gasteiger partial charge in [-0.15, -0.1) is 0 Å². The van der Waals surface area contributed by atoms with Crippen molar-refractivity contribution in [1.29, 1.82) is 0 Å². The molecular weight excluding hydrogens is 463 g/mol. The zero-order valence-corrected chi connectivity index (χ0v) is 23.5. The standard InChI is InChI=1S/C37H43F/c1-4-6-8-9-11-13-30-16-24-36(37(38)27-30)33-21-19-32(20-22-33)35-25-23-34(26-28(35)3)31-17-14-29(15-18-31)12-10-7-5-2/h14-27H,4-13H2,1-3H3. The normalized spacial score (nSPS) is 11.2. The van der Waals surface area contributed by atoms with Gasteiger partial charge in [0.1, 0.15) is 5.82 Å². The Hall–Kier alpha value is -3.19. The van der Waals surface area contributed by atoms with Gasteiger partial charge in [0.15, 0.2) is 0 Å². The fourth-order valence-corrected chi connectivity index (χ4v) is 5.32. The molecule has 0 aliphatic rings. The van der Waals surface area contributed by atoms with E-state index in [1.807, 2.05) is 18.2 Å². The molecule has 0 bridgehead atoms. The number of hydrogen-bond acceptors (Lipinski definition) is 0. The van der Waals surface area contributed by atoms with Crippen molar-refractivity contribution in [2.24, 2.45) is 0 Å². The smallest absolute Gasteiger partial charge is 0.131 e. The highest BCUT2D eigenvalue weighted by Crippen LogP contribution is 2.31. The molecule has 4 rings (SSSR count). The van der Waals surface area contributed by atoms with Gasteiger partial charge in [0.25, 0.3) is 0 Å². The summed E-state index contributed by atoms with van der Waals surface area (Å²) in [6, 6.07) is 29.8. The number of aryl methyl sites for hydroxylation is 3. The Labute approximate surface area is 230 Å². The minimum absolute atomic E-state index is 0.124. The van der Waals surface area contributed by atoms with Crippen molar-refractivity contribution < 1.29 is 4.39 Å². The predicted molar refractivity (Wildman–Crippen MR) is 163 cm³/mol. The highest BCUT2D eigenvalue weighted by molar-refractivity contribution is 5.76. The first-order valence-electron chi connectivity index (χ1n) is 14.7. The molecule has 0 aliphatic heterocycles. The van der Waals surface area contributed by atoms with Gasteiger partial charge in [-0.1, -0.05) is 131 Å². The molecular formula is C37H43F. The summed E-state index contributed by atoms with van der Waals surface area (Å²) in [6.45, 7) is 6.65. The number of unbranched alkanes of at least 4 members (excludes halogenated alkanes) is 6. The molecule has 0 spiro atoms. The fraction of sp³-hybridized carbons (Fsp3) is 0.351. The third-order valence-corrected chi connectivity index (χ3v) is 7.69. The van der Waals surface area contributed by atoms with E-state index in [4.69, 9.17) is 0 Å². The van der Waals surface area contributed by atoms with Crippen LogP contribution in [0.5, 0.6) is 0 Å². The summed E-state index contributed by atoms with van der Waals surface area (Å²) in [6.07, 6.45) is 12.1. The SMILES string of the molecule is CCCCCCCc1ccc(-c2ccc(-c3ccc(-c4ccc(CCCCC)cc4)cc3C)cc2)c(F)c1. The Balaban J connectivity index is 1.42. The highest BCUT2D eigenvalue weighted by atomic mass is 19.1. The van der Waals surface area contributed by atoms with E-state index in [9.17, 15) is 4.39 Å². The Kier molecular flexibility index (Phi) is 10.3. The molecule has 0 nitrogen and oxygen atoms in total. The third kappa shape index (κ3) is 7.44. The van der Waals surface area contributed by atoms with E-state index >= 15 is 0 Å². The van der Waals surface area contributed by atoms with Crippen molar-refractivity contribution in [1.82, 2.24) is 0 Å². The van der Waals surface area contributed by atoms with Crippen LogP contribution in [0.25, 0.3) is 33.4 Å². The lowest BCUT2D eigenvalue weighted by Gasteiger charge is -2.12. The molecule has 0 heterocycles. The maximum atomic E-state index is 15.0. The van der Waals surface area contributed by atoms with E-state index in [1.165, 1.54) is 72.8 Å². The summed E-state index contributed by atoms with van der Waals surface area (Å²) in [5.74, 6) is -0.124. The molecule has 0 saturated carbocycles. The number of hydrogen-bond donors (Lipinski definition) is 0. The van der Waals surface area contributed by atoms with Gasteiger partial charge in [-0.05, 0) is 83.2 Å². The van der Waals surface area contributed by atoms with Crippen LogP contribution in [-0.4, -0.2) is 0 Å². The van der Waals surface area contributed by atoms with Crippen LogP contribution in [-0.2, 0) is 12.8 Å². The third-order valence-electron chi connectivity index (χ3n) is 7.69. The summed E-state index contributed by atoms with van der Waals surface area (Å²) < 4.78 is 15.0.